The highest BCUT2D eigenvalue weighted by atomic mass is 19.1. The monoisotopic (exact) mass is 522 g/mol. The van der Waals surface area contributed by atoms with Gasteiger partial charge in [0, 0.05) is 0 Å². The number of allylic oxidation sites excluding steroid dienone is 1. The number of nitrogens with one attached hydrogen (secondary N) is 1. The molecule has 1 heterocycles. The number of benzene rings is 2. The molecule has 0 fully saturated rings. The minimum absolute atomic E-state index is 0.0519. The molecule has 11 heteroatoms. The summed E-state index contributed by atoms with van der Waals surface area (Å²) in [5.74, 6) is -3.93. The topological polar surface area (TPSA) is 144 Å². The van der Waals surface area contributed by atoms with Gasteiger partial charge in [-0.2, -0.15) is 5.26 Å². The van der Waals surface area contributed by atoms with Crippen LogP contribution in [0.1, 0.15) is 32.3 Å². The average Bonchev–Trinajstić information content (AvgIpc) is 2.87. The smallest absolute Gasteiger partial charge is 0.412 e. The third-order valence-corrected chi connectivity index (χ3v) is 5.45. The van der Waals surface area contributed by atoms with Gasteiger partial charge in [-0.05, 0) is 44.5 Å². The Morgan fingerprint density at radius 2 is 1.68 bits per heavy atom. The molecular weight excluding hydrogens is 495 g/mol. The van der Waals surface area contributed by atoms with Gasteiger partial charge in [-0.25, -0.2) is 18.8 Å². The van der Waals surface area contributed by atoms with Crippen molar-refractivity contribution in [3.05, 3.63) is 82.6 Å². The van der Waals surface area contributed by atoms with E-state index in [0.717, 1.165) is 25.2 Å². The van der Waals surface area contributed by atoms with E-state index in [1.54, 1.807) is 51.1 Å². The van der Waals surface area contributed by atoms with Crippen molar-refractivity contribution in [1.82, 2.24) is 0 Å². The Balaban J connectivity index is 2.28. The highest BCUT2D eigenvalue weighted by Crippen LogP contribution is 2.43. The number of methoxy groups -OCH3 is 2. The van der Waals surface area contributed by atoms with Gasteiger partial charge in [0.05, 0.1) is 48.7 Å². The van der Waals surface area contributed by atoms with E-state index in [9.17, 15) is 24.0 Å². The molecule has 1 amide bonds. The lowest BCUT2D eigenvalue weighted by atomic mass is 9.81. The fourth-order valence-corrected chi connectivity index (χ4v) is 3.94. The second-order valence-electron chi connectivity index (χ2n) is 9.13. The molecule has 2 aromatic rings. The van der Waals surface area contributed by atoms with Crippen LogP contribution in [0.2, 0.25) is 0 Å². The van der Waals surface area contributed by atoms with Crippen LogP contribution in [0, 0.1) is 17.1 Å². The van der Waals surface area contributed by atoms with Crippen LogP contribution in [-0.2, 0) is 23.8 Å². The lowest BCUT2D eigenvalue weighted by molar-refractivity contribution is -0.139. The SMILES string of the molecule is COC(=O)C1=C(C(=O)OC)N(c2ccc(F)c(NC(=O)OC(C)(C)C)c2)C(N)=C(C#N)C1c1ccccc1. The summed E-state index contributed by atoms with van der Waals surface area (Å²) < 4.78 is 29.8. The Labute approximate surface area is 219 Å². The molecule has 1 atom stereocenters. The number of hydrogen-bond acceptors (Lipinski definition) is 9. The van der Waals surface area contributed by atoms with Crippen LogP contribution in [-0.4, -0.2) is 37.9 Å². The Morgan fingerprint density at radius 1 is 1.05 bits per heavy atom. The second kappa shape index (κ2) is 11.0. The first-order valence-corrected chi connectivity index (χ1v) is 11.4. The number of halogens is 1. The van der Waals surface area contributed by atoms with Gasteiger partial charge in [-0.15, -0.1) is 0 Å². The third-order valence-electron chi connectivity index (χ3n) is 5.45. The van der Waals surface area contributed by atoms with Crippen LogP contribution < -0.4 is 16.0 Å². The van der Waals surface area contributed by atoms with Crippen LogP contribution in [0.3, 0.4) is 0 Å². The molecule has 3 rings (SSSR count). The molecule has 0 saturated carbocycles. The first-order chi connectivity index (χ1) is 17.9. The number of amides is 1. The molecule has 198 valence electrons. The summed E-state index contributed by atoms with van der Waals surface area (Å²) in [5, 5.41) is 12.4. The first kappa shape index (κ1) is 27.7. The van der Waals surface area contributed by atoms with E-state index in [0.29, 0.717) is 5.56 Å². The zero-order chi connectivity index (χ0) is 28.2. The minimum Gasteiger partial charge on any atom is -0.466 e. The number of ether oxygens (including phenoxy) is 3. The zero-order valence-corrected chi connectivity index (χ0v) is 21.5. The second-order valence-corrected chi connectivity index (χ2v) is 9.13. The summed E-state index contributed by atoms with van der Waals surface area (Å²) in [4.78, 5) is 39.6. The van der Waals surface area contributed by atoms with Crippen LogP contribution in [0.15, 0.2) is 71.2 Å². The molecular formula is C27H27FN4O6. The van der Waals surface area contributed by atoms with E-state index in [4.69, 9.17) is 19.9 Å². The number of nitrogens with two attached hydrogens (primary N) is 1. The van der Waals surface area contributed by atoms with Crippen molar-refractivity contribution in [3.63, 3.8) is 0 Å². The highest BCUT2D eigenvalue weighted by Gasteiger charge is 2.43. The van der Waals surface area contributed by atoms with Gasteiger partial charge < -0.3 is 19.9 Å². The maximum Gasteiger partial charge on any atom is 0.412 e. The van der Waals surface area contributed by atoms with Crippen molar-refractivity contribution in [3.8, 4) is 6.07 Å². The Kier molecular flexibility index (Phi) is 8.06. The summed E-state index contributed by atoms with van der Waals surface area (Å²) in [6, 6.07) is 14.0. The summed E-state index contributed by atoms with van der Waals surface area (Å²) in [6.45, 7) is 4.94. The van der Waals surface area contributed by atoms with Crippen molar-refractivity contribution in [2.24, 2.45) is 5.73 Å². The Morgan fingerprint density at radius 3 is 2.24 bits per heavy atom. The van der Waals surface area contributed by atoms with Crippen LogP contribution in [0.25, 0.3) is 0 Å². The molecule has 0 aliphatic carbocycles. The number of esters is 2. The molecule has 0 saturated heterocycles. The fourth-order valence-electron chi connectivity index (χ4n) is 3.94. The minimum atomic E-state index is -1.06. The van der Waals surface area contributed by atoms with Crippen molar-refractivity contribution >= 4 is 29.4 Å². The molecule has 0 radical (unpaired) electrons. The fraction of sp³-hybridized carbons (Fsp3) is 0.259. The molecule has 0 aromatic heterocycles. The van der Waals surface area contributed by atoms with E-state index < -0.39 is 35.4 Å². The van der Waals surface area contributed by atoms with Gasteiger partial charge in [0.15, 0.2) is 0 Å². The van der Waals surface area contributed by atoms with E-state index in [2.05, 4.69) is 5.32 Å². The molecule has 1 unspecified atom stereocenters. The average molecular weight is 523 g/mol. The standard InChI is InChI=1S/C27H27FN4O6/c1-27(2,3)38-26(35)31-19-13-16(11-12-18(19)28)32-22(25(34)37-5)21(24(33)36-4)20(17(14-29)23(32)30)15-9-7-6-8-10-15/h6-13,20H,30H2,1-5H3,(H,31,35). The van der Waals surface area contributed by atoms with E-state index in [1.165, 1.54) is 12.1 Å². The van der Waals surface area contributed by atoms with Gasteiger partial charge in [0.1, 0.15) is 22.9 Å². The molecule has 2 aromatic carbocycles. The summed E-state index contributed by atoms with van der Waals surface area (Å²) >= 11 is 0. The summed E-state index contributed by atoms with van der Waals surface area (Å²) in [5.41, 5.74) is 5.25. The quantitative estimate of drug-likeness (QED) is 0.438. The number of nitriles is 1. The van der Waals surface area contributed by atoms with Gasteiger partial charge in [0.2, 0.25) is 0 Å². The lowest BCUT2D eigenvalue weighted by Gasteiger charge is -2.36. The summed E-state index contributed by atoms with van der Waals surface area (Å²) in [6.07, 6.45) is -0.920. The largest absolute Gasteiger partial charge is 0.466 e. The number of carbonyl (C=O) groups is 3. The van der Waals surface area contributed by atoms with Crippen LogP contribution >= 0.6 is 0 Å². The molecule has 10 nitrogen and oxygen atoms in total. The zero-order valence-electron chi connectivity index (χ0n) is 21.5. The summed E-state index contributed by atoms with van der Waals surface area (Å²) in [7, 11) is 2.24. The van der Waals surface area contributed by atoms with Crippen LogP contribution in [0.5, 0.6) is 0 Å². The Hall–Kier alpha value is -4.85. The predicted molar refractivity (Wildman–Crippen MR) is 136 cm³/mol. The number of carbonyl (C=O) groups excluding carboxylic acids is 3. The maximum absolute atomic E-state index is 14.7. The molecule has 3 N–H and O–H groups in total. The van der Waals surface area contributed by atoms with Crippen molar-refractivity contribution in [1.29, 1.82) is 5.26 Å². The Bertz CT molecular complexity index is 1370. The van der Waals surface area contributed by atoms with Gasteiger partial charge in [-0.3, -0.25) is 10.2 Å². The normalized spacial score (nSPS) is 15.5. The number of anilines is 2. The predicted octanol–water partition coefficient (Wildman–Crippen LogP) is 4.07. The van der Waals surface area contributed by atoms with E-state index in [1.807, 2.05) is 6.07 Å². The number of nitrogens with zero attached hydrogens (tertiary/aromatic N) is 2. The van der Waals surface area contributed by atoms with Crippen molar-refractivity contribution in [2.45, 2.75) is 32.3 Å². The molecule has 0 bridgehead atoms. The van der Waals surface area contributed by atoms with Gasteiger partial charge in [0.25, 0.3) is 0 Å². The molecule has 1 aliphatic rings. The number of hydrogen-bond donors (Lipinski definition) is 2. The maximum atomic E-state index is 14.7. The van der Waals surface area contributed by atoms with E-state index in [-0.39, 0.29) is 34.0 Å². The van der Waals surface area contributed by atoms with Crippen molar-refractivity contribution in [2.75, 3.05) is 24.4 Å². The molecule has 0 spiro atoms. The van der Waals surface area contributed by atoms with Gasteiger partial charge >= 0.3 is 18.0 Å². The van der Waals surface area contributed by atoms with Crippen molar-refractivity contribution < 1.29 is 33.0 Å². The van der Waals surface area contributed by atoms with Gasteiger partial charge in [-0.1, -0.05) is 30.3 Å². The number of rotatable bonds is 5. The van der Waals surface area contributed by atoms with E-state index >= 15 is 0 Å². The first-order valence-electron chi connectivity index (χ1n) is 11.4. The molecule has 1 aliphatic heterocycles. The third kappa shape index (κ3) is 5.59. The lowest BCUT2D eigenvalue weighted by Crippen LogP contribution is -2.40. The molecule has 38 heavy (non-hydrogen) atoms. The van der Waals surface area contributed by atoms with Crippen LogP contribution in [0.4, 0.5) is 20.6 Å². The highest BCUT2D eigenvalue weighted by molar-refractivity contribution is 6.06.